The van der Waals surface area contributed by atoms with E-state index in [-0.39, 0.29) is 18.5 Å². The highest BCUT2D eigenvalue weighted by Crippen LogP contribution is 2.01. The first kappa shape index (κ1) is 14.6. The number of aromatic nitrogens is 1. The summed E-state index contributed by atoms with van der Waals surface area (Å²) in [6.07, 6.45) is 2.96. The van der Waals surface area contributed by atoms with Crippen molar-refractivity contribution < 1.29 is 14.4 Å². The molecule has 0 saturated carbocycles. The van der Waals surface area contributed by atoms with Crippen molar-refractivity contribution in [2.24, 2.45) is 0 Å². The number of hydrogen-bond donors (Lipinski definition) is 3. The molecule has 19 heavy (non-hydrogen) atoms. The second-order valence-electron chi connectivity index (χ2n) is 4.10. The highest BCUT2D eigenvalue weighted by molar-refractivity contribution is 6.39. The molecule has 0 aliphatic rings. The monoisotopic (exact) mass is 264 g/mol. The van der Waals surface area contributed by atoms with Crippen LogP contribution in [0.5, 0.6) is 0 Å². The molecule has 0 aliphatic carbocycles. The number of rotatable bonds is 4. The van der Waals surface area contributed by atoms with Crippen LogP contribution in [-0.2, 0) is 14.4 Å². The predicted octanol–water partition coefficient (Wildman–Crippen LogP) is -0.339. The normalized spacial score (nSPS) is 9.84. The Morgan fingerprint density at radius 2 is 2.00 bits per heavy atom. The average molecular weight is 264 g/mol. The minimum absolute atomic E-state index is 0.0198. The Labute approximate surface area is 110 Å². The summed E-state index contributed by atoms with van der Waals surface area (Å²) in [5, 5.41) is 7.18. The molecule has 0 unspecified atom stereocenters. The van der Waals surface area contributed by atoms with Gasteiger partial charge < -0.3 is 16.0 Å². The summed E-state index contributed by atoms with van der Waals surface area (Å²) in [6, 6.07) is 3.21. The molecule has 0 fully saturated rings. The van der Waals surface area contributed by atoms with Gasteiger partial charge in [0.2, 0.25) is 5.91 Å². The molecule has 7 heteroatoms. The number of nitrogens with one attached hydrogen (secondary N) is 3. The average Bonchev–Trinajstić information content (AvgIpc) is 2.36. The van der Waals surface area contributed by atoms with Crippen molar-refractivity contribution >= 4 is 23.4 Å². The van der Waals surface area contributed by atoms with Crippen LogP contribution in [0.4, 0.5) is 5.69 Å². The van der Waals surface area contributed by atoms with E-state index in [1.165, 1.54) is 6.20 Å². The summed E-state index contributed by atoms with van der Waals surface area (Å²) >= 11 is 0. The van der Waals surface area contributed by atoms with Gasteiger partial charge in [-0.1, -0.05) is 0 Å². The van der Waals surface area contributed by atoms with Crippen molar-refractivity contribution in [3.05, 3.63) is 24.5 Å². The second kappa shape index (κ2) is 7.10. The van der Waals surface area contributed by atoms with Crippen LogP contribution in [0.25, 0.3) is 0 Å². The van der Waals surface area contributed by atoms with E-state index in [1.54, 1.807) is 32.2 Å². The van der Waals surface area contributed by atoms with Crippen LogP contribution in [0.15, 0.2) is 24.5 Å². The van der Waals surface area contributed by atoms with Crippen molar-refractivity contribution in [1.82, 2.24) is 15.6 Å². The standard InChI is InChI=1S/C12H16N4O3/c1-8(2)15-10(17)7-14-11(18)12(19)16-9-4-3-5-13-6-9/h3-6,8H,7H2,1-2H3,(H,14,18)(H,15,17)(H,16,19). The lowest BCUT2D eigenvalue weighted by atomic mass is 10.4. The van der Waals surface area contributed by atoms with E-state index in [0.29, 0.717) is 5.69 Å². The van der Waals surface area contributed by atoms with E-state index >= 15 is 0 Å². The Kier molecular flexibility index (Phi) is 5.46. The number of carbonyl (C=O) groups excluding carboxylic acids is 3. The van der Waals surface area contributed by atoms with Gasteiger partial charge in [-0.25, -0.2) is 0 Å². The number of anilines is 1. The molecule has 3 N–H and O–H groups in total. The van der Waals surface area contributed by atoms with Crippen molar-refractivity contribution in [2.75, 3.05) is 11.9 Å². The zero-order valence-corrected chi connectivity index (χ0v) is 10.8. The zero-order valence-electron chi connectivity index (χ0n) is 10.8. The maximum Gasteiger partial charge on any atom is 0.313 e. The van der Waals surface area contributed by atoms with Gasteiger partial charge in [0, 0.05) is 12.2 Å². The fourth-order valence-electron chi connectivity index (χ4n) is 1.24. The van der Waals surface area contributed by atoms with Crippen LogP contribution in [0.3, 0.4) is 0 Å². The fourth-order valence-corrected chi connectivity index (χ4v) is 1.24. The van der Waals surface area contributed by atoms with Gasteiger partial charge in [0.05, 0.1) is 18.4 Å². The molecule has 0 saturated heterocycles. The Balaban J connectivity index is 2.37. The molecule has 1 heterocycles. The number of nitrogens with zero attached hydrogens (tertiary/aromatic N) is 1. The van der Waals surface area contributed by atoms with Gasteiger partial charge in [0.15, 0.2) is 0 Å². The molecule has 0 radical (unpaired) electrons. The SMILES string of the molecule is CC(C)NC(=O)CNC(=O)C(=O)Nc1cccnc1. The van der Waals surface area contributed by atoms with Crippen molar-refractivity contribution in [1.29, 1.82) is 0 Å². The molecule has 0 spiro atoms. The topological polar surface area (TPSA) is 100 Å². The minimum atomic E-state index is -0.872. The molecule has 1 aromatic heterocycles. The molecular formula is C12H16N4O3. The van der Waals surface area contributed by atoms with Gasteiger partial charge in [-0.05, 0) is 26.0 Å². The maximum absolute atomic E-state index is 11.5. The zero-order chi connectivity index (χ0) is 14.3. The summed E-state index contributed by atoms with van der Waals surface area (Å²) in [5.41, 5.74) is 0.411. The minimum Gasteiger partial charge on any atom is -0.352 e. The number of amides is 3. The van der Waals surface area contributed by atoms with Crippen molar-refractivity contribution in [2.45, 2.75) is 19.9 Å². The van der Waals surface area contributed by atoms with Crippen molar-refractivity contribution in [3.8, 4) is 0 Å². The summed E-state index contributed by atoms with van der Waals surface area (Å²) in [6.45, 7) is 3.36. The van der Waals surface area contributed by atoms with E-state index in [2.05, 4.69) is 20.9 Å². The van der Waals surface area contributed by atoms with Gasteiger partial charge in [0.25, 0.3) is 0 Å². The predicted molar refractivity (Wildman–Crippen MR) is 69.2 cm³/mol. The molecule has 1 rings (SSSR count). The number of pyridine rings is 1. The third-order valence-corrected chi connectivity index (χ3v) is 1.98. The van der Waals surface area contributed by atoms with Crippen LogP contribution in [0, 0.1) is 0 Å². The van der Waals surface area contributed by atoms with Crippen LogP contribution in [0.2, 0.25) is 0 Å². The Hall–Kier alpha value is -2.44. The van der Waals surface area contributed by atoms with Gasteiger partial charge in [-0.15, -0.1) is 0 Å². The van der Waals surface area contributed by atoms with Gasteiger partial charge >= 0.3 is 11.8 Å². The molecule has 3 amide bonds. The third-order valence-electron chi connectivity index (χ3n) is 1.98. The molecule has 102 valence electrons. The third kappa shape index (κ3) is 5.62. The van der Waals surface area contributed by atoms with Crippen molar-refractivity contribution in [3.63, 3.8) is 0 Å². The second-order valence-corrected chi connectivity index (χ2v) is 4.10. The lowest BCUT2D eigenvalue weighted by molar-refractivity contribution is -0.136. The molecule has 0 aliphatic heterocycles. The highest BCUT2D eigenvalue weighted by atomic mass is 16.2. The summed E-state index contributed by atoms with van der Waals surface area (Å²) < 4.78 is 0. The molecule has 0 atom stereocenters. The summed E-state index contributed by atoms with van der Waals surface area (Å²) in [7, 11) is 0. The first-order chi connectivity index (χ1) is 8.99. The highest BCUT2D eigenvalue weighted by Gasteiger charge is 2.14. The summed E-state index contributed by atoms with van der Waals surface area (Å²) in [5.74, 6) is -2.06. The molecule has 0 aromatic carbocycles. The molecule has 7 nitrogen and oxygen atoms in total. The lowest BCUT2D eigenvalue weighted by Crippen LogP contribution is -2.43. The Bertz CT molecular complexity index is 459. The lowest BCUT2D eigenvalue weighted by Gasteiger charge is -2.09. The Morgan fingerprint density at radius 1 is 1.26 bits per heavy atom. The van der Waals surface area contributed by atoms with E-state index in [4.69, 9.17) is 0 Å². The summed E-state index contributed by atoms with van der Waals surface area (Å²) in [4.78, 5) is 37.9. The van der Waals surface area contributed by atoms with Crippen LogP contribution < -0.4 is 16.0 Å². The van der Waals surface area contributed by atoms with E-state index in [0.717, 1.165) is 0 Å². The first-order valence-electron chi connectivity index (χ1n) is 5.77. The van der Waals surface area contributed by atoms with Gasteiger partial charge in [0.1, 0.15) is 0 Å². The van der Waals surface area contributed by atoms with Crippen LogP contribution >= 0.6 is 0 Å². The van der Waals surface area contributed by atoms with Crippen LogP contribution in [0.1, 0.15) is 13.8 Å². The van der Waals surface area contributed by atoms with E-state index in [1.807, 2.05) is 0 Å². The van der Waals surface area contributed by atoms with E-state index < -0.39 is 11.8 Å². The fraction of sp³-hybridized carbons (Fsp3) is 0.333. The van der Waals surface area contributed by atoms with Crippen LogP contribution in [-0.4, -0.2) is 35.3 Å². The number of hydrogen-bond acceptors (Lipinski definition) is 4. The smallest absolute Gasteiger partial charge is 0.313 e. The van der Waals surface area contributed by atoms with E-state index in [9.17, 15) is 14.4 Å². The quantitative estimate of drug-likeness (QED) is 0.648. The Morgan fingerprint density at radius 3 is 2.58 bits per heavy atom. The molecule has 1 aromatic rings. The molecular weight excluding hydrogens is 248 g/mol. The first-order valence-corrected chi connectivity index (χ1v) is 5.77. The number of carbonyl (C=O) groups is 3. The van der Waals surface area contributed by atoms with Gasteiger partial charge in [-0.2, -0.15) is 0 Å². The van der Waals surface area contributed by atoms with Gasteiger partial charge in [-0.3, -0.25) is 19.4 Å². The largest absolute Gasteiger partial charge is 0.352 e. The maximum atomic E-state index is 11.5. The molecule has 0 bridgehead atoms.